The van der Waals surface area contributed by atoms with E-state index < -0.39 is 10.5 Å². The van der Waals surface area contributed by atoms with E-state index in [9.17, 15) is 10.1 Å². The number of aromatic nitrogens is 1. The molecule has 1 atom stereocenters. The Morgan fingerprint density at radius 2 is 2.09 bits per heavy atom. The Bertz CT molecular complexity index is 720. The molecule has 6 nitrogen and oxygen atoms in total. The van der Waals surface area contributed by atoms with E-state index in [-0.39, 0.29) is 5.69 Å². The van der Waals surface area contributed by atoms with Crippen LogP contribution in [0.5, 0.6) is 0 Å². The predicted octanol–water partition coefficient (Wildman–Crippen LogP) is 3.05. The molecule has 0 aliphatic carbocycles. The number of pyridine rings is 1. The summed E-state index contributed by atoms with van der Waals surface area (Å²) in [5.74, 6) is 0.779. The fourth-order valence-electron chi connectivity index (χ4n) is 3.00. The summed E-state index contributed by atoms with van der Waals surface area (Å²) in [5.41, 5.74) is 1.51. The topological polar surface area (TPSA) is 68.5 Å². The van der Waals surface area contributed by atoms with Gasteiger partial charge in [-0.05, 0) is 25.0 Å². The van der Waals surface area contributed by atoms with E-state index in [1.807, 2.05) is 25.1 Å². The third kappa shape index (κ3) is 3.03. The number of hydrogen-bond donors (Lipinski definition) is 0. The molecule has 1 aliphatic rings. The average Bonchev–Trinajstić information content (AvgIpc) is 2.55. The summed E-state index contributed by atoms with van der Waals surface area (Å²) in [4.78, 5) is 16.9. The van der Waals surface area contributed by atoms with Gasteiger partial charge in [-0.3, -0.25) is 10.1 Å². The van der Waals surface area contributed by atoms with Gasteiger partial charge in [-0.1, -0.05) is 30.3 Å². The van der Waals surface area contributed by atoms with E-state index in [1.165, 1.54) is 6.20 Å². The number of hydrogen-bond acceptors (Lipinski definition) is 5. The quantitative estimate of drug-likeness (QED) is 0.643. The van der Waals surface area contributed by atoms with Crippen molar-refractivity contribution in [3.05, 3.63) is 63.8 Å². The molecule has 0 bridgehead atoms. The van der Waals surface area contributed by atoms with Crippen LogP contribution >= 0.6 is 0 Å². The van der Waals surface area contributed by atoms with Crippen molar-refractivity contribution in [1.82, 2.24) is 4.98 Å². The standard InChI is InChI=1S/C17H19N3O3/c1-13-10-15(20(21)22)11-18-16(13)19-8-9-23-17(2,12-19)14-6-4-3-5-7-14/h3-7,10-11H,8-9,12H2,1-2H3. The van der Waals surface area contributed by atoms with Crippen LogP contribution in [0.3, 0.4) is 0 Å². The predicted molar refractivity (Wildman–Crippen MR) is 87.6 cm³/mol. The normalized spacial score (nSPS) is 21.2. The van der Waals surface area contributed by atoms with Crippen LogP contribution in [0, 0.1) is 17.0 Å². The van der Waals surface area contributed by atoms with Crippen LogP contribution in [-0.2, 0) is 10.3 Å². The summed E-state index contributed by atoms with van der Waals surface area (Å²) in [6.07, 6.45) is 1.32. The van der Waals surface area contributed by atoms with E-state index in [0.29, 0.717) is 19.7 Å². The summed E-state index contributed by atoms with van der Waals surface area (Å²) in [7, 11) is 0. The maximum atomic E-state index is 10.9. The van der Waals surface area contributed by atoms with Crippen LogP contribution in [0.15, 0.2) is 42.6 Å². The Morgan fingerprint density at radius 1 is 1.35 bits per heavy atom. The Labute approximate surface area is 134 Å². The molecule has 0 N–H and O–H groups in total. The zero-order chi connectivity index (χ0) is 16.4. The highest BCUT2D eigenvalue weighted by molar-refractivity contribution is 5.51. The second kappa shape index (κ2) is 5.96. The molecular weight excluding hydrogens is 294 g/mol. The molecule has 2 heterocycles. The van der Waals surface area contributed by atoms with Gasteiger partial charge in [-0.15, -0.1) is 0 Å². The lowest BCUT2D eigenvalue weighted by Crippen LogP contribution is -2.48. The second-order valence-electron chi connectivity index (χ2n) is 5.96. The summed E-state index contributed by atoms with van der Waals surface area (Å²) >= 11 is 0. The second-order valence-corrected chi connectivity index (χ2v) is 5.96. The van der Waals surface area contributed by atoms with Crippen molar-refractivity contribution in [1.29, 1.82) is 0 Å². The molecule has 1 unspecified atom stereocenters. The molecule has 120 valence electrons. The largest absolute Gasteiger partial charge is 0.367 e. The van der Waals surface area contributed by atoms with Gasteiger partial charge < -0.3 is 9.64 Å². The van der Waals surface area contributed by atoms with Crippen LogP contribution in [0.2, 0.25) is 0 Å². The molecule has 23 heavy (non-hydrogen) atoms. The van der Waals surface area contributed by atoms with Crippen LogP contribution in [-0.4, -0.2) is 29.6 Å². The number of nitro groups is 1. The minimum Gasteiger partial charge on any atom is -0.367 e. The molecule has 0 amide bonds. The number of nitrogens with zero attached hydrogens (tertiary/aromatic N) is 3. The van der Waals surface area contributed by atoms with Crippen LogP contribution in [0.4, 0.5) is 11.5 Å². The highest BCUT2D eigenvalue weighted by Gasteiger charge is 2.34. The molecule has 1 aromatic heterocycles. The van der Waals surface area contributed by atoms with Crippen LogP contribution in [0.1, 0.15) is 18.1 Å². The number of aryl methyl sites for hydroxylation is 1. The van der Waals surface area contributed by atoms with E-state index in [4.69, 9.17) is 4.74 Å². The maximum Gasteiger partial charge on any atom is 0.287 e. The molecular formula is C17H19N3O3. The molecule has 6 heteroatoms. The minimum atomic E-state index is -0.421. The SMILES string of the molecule is Cc1cc([N+](=O)[O-])cnc1N1CCOC(C)(c2ccccc2)C1. The first-order chi connectivity index (χ1) is 11.0. The van der Waals surface area contributed by atoms with Gasteiger partial charge in [0.25, 0.3) is 5.69 Å². The van der Waals surface area contributed by atoms with E-state index >= 15 is 0 Å². The number of benzene rings is 1. The zero-order valence-electron chi connectivity index (χ0n) is 13.2. The fourth-order valence-corrected chi connectivity index (χ4v) is 3.00. The van der Waals surface area contributed by atoms with Crippen molar-refractivity contribution >= 4 is 11.5 Å². The van der Waals surface area contributed by atoms with Gasteiger partial charge in [-0.25, -0.2) is 4.98 Å². The highest BCUT2D eigenvalue weighted by Crippen LogP contribution is 2.32. The molecule has 3 rings (SSSR count). The van der Waals surface area contributed by atoms with E-state index in [1.54, 1.807) is 6.07 Å². The van der Waals surface area contributed by atoms with Gasteiger partial charge in [0.15, 0.2) is 0 Å². The van der Waals surface area contributed by atoms with Gasteiger partial charge in [0, 0.05) is 12.6 Å². The summed E-state index contributed by atoms with van der Waals surface area (Å²) in [5, 5.41) is 10.9. The van der Waals surface area contributed by atoms with Crippen molar-refractivity contribution in [3.63, 3.8) is 0 Å². The molecule has 1 aliphatic heterocycles. The van der Waals surface area contributed by atoms with Crippen molar-refractivity contribution < 1.29 is 9.66 Å². The van der Waals surface area contributed by atoms with Gasteiger partial charge in [0.2, 0.25) is 0 Å². The van der Waals surface area contributed by atoms with Crippen molar-refractivity contribution in [2.24, 2.45) is 0 Å². The molecule has 2 aromatic rings. The molecule has 0 saturated carbocycles. The van der Waals surface area contributed by atoms with Crippen molar-refractivity contribution in [2.45, 2.75) is 19.4 Å². The first-order valence-corrected chi connectivity index (χ1v) is 7.55. The van der Waals surface area contributed by atoms with Gasteiger partial charge in [0.05, 0.1) is 18.1 Å². The van der Waals surface area contributed by atoms with Gasteiger partial charge in [-0.2, -0.15) is 0 Å². The fraction of sp³-hybridized carbons (Fsp3) is 0.353. The van der Waals surface area contributed by atoms with Crippen LogP contribution < -0.4 is 4.90 Å². The Hall–Kier alpha value is -2.47. The smallest absolute Gasteiger partial charge is 0.287 e. The lowest BCUT2D eigenvalue weighted by Gasteiger charge is -2.41. The number of anilines is 1. The van der Waals surface area contributed by atoms with Gasteiger partial charge >= 0.3 is 0 Å². The number of rotatable bonds is 3. The molecule has 1 saturated heterocycles. The molecule has 1 fully saturated rings. The molecule has 0 radical (unpaired) electrons. The van der Waals surface area contributed by atoms with Crippen molar-refractivity contribution in [3.8, 4) is 0 Å². The molecule has 1 aromatic carbocycles. The maximum absolute atomic E-state index is 10.9. The zero-order valence-corrected chi connectivity index (χ0v) is 13.2. The summed E-state index contributed by atoms with van der Waals surface area (Å²) in [6, 6.07) is 11.7. The lowest BCUT2D eigenvalue weighted by atomic mass is 9.93. The minimum absolute atomic E-state index is 0.0188. The highest BCUT2D eigenvalue weighted by atomic mass is 16.6. The van der Waals surface area contributed by atoms with Gasteiger partial charge in [0.1, 0.15) is 17.6 Å². The third-order valence-corrected chi connectivity index (χ3v) is 4.21. The Kier molecular flexibility index (Phi) is 4.00. The summed E-state index contributed by atoms with van der Waals surface area (Å²) in [6.45, 7) is 5.88. The van der Waals surface area contributed by atoms with Crippen LogP contribution in [0.25, 0.3) is 0 Å². The average molecular weight is 313 g/mol. The number of morpholine rings is 1. The first-order valence-electron chi connectivity index (χ1n) is 7.55. The third-order valence-electron chi connectivity index (χ3n) is 4.21. The Balaban J connectivity index is 1.88. The monoisotopic (exact) mass is 313 g/mol. The number of ether oxygens (including phenoxy) is 1. The first kappa shape index (κ1) is 15.4. The lowest BCUT2D eigenvalue weighted by molar-refractivity contribution is -0.385. The molecule has 0 spiro atoms. The van der Waals surface area contributed by atoms with E-state index in [0.717, 1.165) is 16.9 Å². The Morgan fingerprint density at radius 3 is 2.74 bits per heavy atom. The van der Waals surface area contributed by atoms with Crippen molar-refractivity contribution in [2.75, 3.05) is 24.6 Å². The summed E-state index contributed by atoms with van der Waals surface area (Å²) < 4.78 is 6.03. The van der Waals surface area contributed by atoms with E-state index in [2.05, 4.69) is 28.9 Å².